The van der Waals surface area contributed by atoms with Crippen LogP contribution >= 0.6 is 0 Å². The van der Waals surface area contributed by atoms with Crippen LogP contribution in [-0.4, -0.2) is 79.1 Å². The van der Waals surface area contributed by atoms with Gasteiger partial charge in [0, 0.05) is 59.2 Å². The molecule has 0 rings (SSSR count). The molecule has 0 aromatic carbocycles. The molecule has 0 fully saturated rings. The lowest BCUT2D eigenvalue weighted by Crippen LogP contribution is -2.32. The van der Waals surface area contributed by atoms with Gasteiger partial charge in [-0.15, -0.1) is 0 Å². The van der Waals surface area contributed by atoms with Gasteiger partial charge in [0.15, 0.2) is 0 Å². The van der Waals surface area contributed by atoms with Crippen LogP contribution in [0.2, 0.25) is 0 Å². The monoisotopic (exact) mass is 522 g/mol. The third-order valence-corrected chi connectivity index (χ3v) is 4.15. The van der Waals surface area contributed by atoms with Gasteiger partial charge in [-0.2, -0.15) is 0 Å². The van der Waals surface area contributed by atoms with Gasteiger partial charge >= 0.3 is 0 Å². The van der Waals surface area contributed by atoms with Crippen molar-refractivity contribution in [2.24, 2.45) is 0 Å². The molecule has 0 aromatic heterocycles. The highest BCUT2D eigenvalue weighted by Crippen LogP contribution is 1.93. The second-order valence-corrected chi connectivity index (χ2v) is 9.47. The average Bonchev–Trinajstić information content (AvgIpc) is 2.72. The van der Waals surface area contributed by atoms with E-state index in [1.165, 1.54) is 13.8 Å². The molecule has 0 radical (unpaired) electrons. The maximum absolute atomic E-state index is 10.5. The van der Waals surface area contributed by atoms with E-state index in [9.17, 15) is 22.8 Å². The number of carbonyl (C=O) groups excluding carboxylic acids is 3. The normalized spacial score (nSPS) is 9.37. The first-order chi connectivity index (χ1) is 16.1. The standard InChI is InChI=1S/C7H14N2O.C7H15NO.C5H12N2O3S.C4H9N/c1-6(2)8-4-5-9-7(3)10;1-7(9)5-3-4-6-8-2;1-5(8)6-3-4-7-11(2,9)10;1-4(2)5-3/h8H,1,4-5H2,2-3H3,(H,9,10);8H,3-6H2,1-2H3;7H,3-4H2,1-2H3,(H,6,8);5H,1H2,2-3H3. The zero-order valence-electron chi connectivity index (χ0n) is 23.0. The second-order valence-electron chi connectivity index (χ2n) is 7.63. The molecule has 0 saturated heterocycles. The van der Waals surface area contributed by atoms with Gasteiger partial charge in [0.2, 0.25) is 21.8 Å². The SMILES string of the molecule is C=C(C)NC.C=C(C)NCCNC(C)=O.CC(=O)NCCNS(C)(=O)=O.CNCCCCC(C)=O. The van der Waals surface area contributed by atoms with E-state index in [-0.39, 0.29) is 18.4 Å². The number of hydrogen-bond acceptors (Lipinski definition) is 8. The number of Topliss-reactive ketones (excluding diaryl/α,β-unsaturated/α-hetero) is 1. The first kappa shape index (κ1) is 39.8. The molecule has 0 saturated carbocycles. The van der Waals surface area contributed by atoms with Crippen LogP contribution in [0, 0.1) is 0 Å². The second kappa shape index (κ2) is 27.8. The van der Waals surface area contributed by atoms with Crippen LogP contribution in [0.4, 0.5) is 0 Å². The minimum atomic E-state index is -3.12. The number of nitrogens with one attached hydrogen (secondary N) is 6. The van der Waals surface area contributed by atoms with Crippen LogP contribution in [0.25, 0.3) is 0 Å². The lowest BCUT2D eigenvalue weighted by atomic mass is 10.2. The fraction of sp³-hybridized carbons (Fsp3) is 0.696. The predicted octanol–water partition coefficient (Wildman–Crippen LogP) is 0.622. The Morgan fingerprint density at radius 1 is 0.686 bits per heavy atom. The van der Waals surface area contributed by atoms with E-state index in [0.717, 1.165) is 50.0 Å². The van der Waals surface area contributed by atoms with Crippen molar-refractivity contribution in [3.05, 3.63) is 24.6 Å². The van der Waals surface area contributed by atoms with Gasteiger partial charge in [0.1, 0.15) is 5.78 Å². The molecular formula is C23H50N6O5S. The van der Waals surface area contributed by atoms with Crippen molar-refractivity contribution in [2.45, 2.75) is 53.9 Å². The van der Waals surface area contributed by atoms with E-state index in [1.54, 1.807) is 6.92 Å². The van der Waals surface area contributed by atoms with Crippen LogP contribution in [0.3, 0.4) is 0 Å². The number of sulfonamides is 1. The smallest absolute Gasteiger partial charge is 0.216 e. The molecule has 0 bridgehead atoms. The number of hydrogen-bond donors (Lipinski definition) is 6. The van der Waals surface area contributed by atoms with E-state index in [4.69, 9.17) is 0 Å². The lowest BCUT2D eigenvalue weighted by Gasteiger charge is -2.04. The molecule has 12 heteroatoms. The molecule has 6 N–H and O–H groups in total. The van der Waals surface area contributed by atoms with E-state index < -0.39 is 10.0 Å². The molecule has 0 atom stereocenters. The zero-order chi connectivity index (χ0) is 28.3. The molecule has 0 aliphatic carbocycles. The van der Waals surface area contributed by atoms with Crippen LogP contribution in [0.15, 0.2) is 24.6 Å². The Kier molecular flexibility index (Phi) is 31.6. The lowest BCUT2D eigenvalue weighted by molar-refractivity contribution is -0.119. The summed E-state index contributed by atoms with van der Waals surface area (Å²) >= 11 is 0. The number of unbranched alkanes of at least 4 members (excludes halogenated alkanes) is 1. The van der Waals surface area contributed by atoms with Crippen molar-refractivity contribution < 1.29 is 22.8 Å². The quantitative estimate of drug-likeness (QED) is 0.181. The topological polar surface area (TPSA) is 158 Å². The van der Waals surface area contributed by atoms with E-state index in [1.807, 2.05) is 27.9 Å². The molecule has 11 nitrogen and oxygen atoms in total. The van der Waals surface area contributed by atoms with Crippen molar-refractivity contribution in [1.82, 2.24) is 31.3 Å². The summed E-state index contributed by atoms with van der Waals surface area (Å²) in [5.74, 6) is 0.134. The average molecular weight is 523 g/mol. The molecule has 2 amide bonds. The van der Waals surface area contributed by atoms with Gasteiger partial charge in [-0.05, 0) is 52.9 Å². The van der Waals surface area contributed by atoms with Crippen molar-refractivity contribution in [3.8, 4) is 0 Å². The van der Waals surface area contributed by atoms with Crippen LogP contribution < -0.4 is 31.3 Å². The molecule has 0 heterocycles. The third-order valence-electron chi connectivity index (χ3n) is 3.42. The number of rotatable bonds is 14. The summed E-state index contributed by atoms with van der Waals surface area (Å²) in [6, 6.07) is 0. The van der Waals surface area contributed by atoms with E-state index in [0.29, 0.717) is 18.9 Å². The first-order valence-corrected chi connectivity index (χ1v) is 13.3. The minimum absolute atomic E-state index is 0.00325. The fourth-order valence-electron chi connectivity index (χ4n) is 1.67. The Bertz CT molecular complexity index is 681. The van der Waals surface area contributed by atoms with Crippen molar-refractivity contribution in [2.75, 3.05) is 53.1 Å². The Morgan fingerprint density at radius 2 is 1.11 bits per heavy atom. The fourth-order valence-corrected chi connectivity index (χ4v) is 2.14. The molecule has 0 spiro atoms. The maximum Gasteiger partial charge on any atom is 0.216 e. The summed E-state index contributed by atoms with van der Waals surface area (Å²) in [5.41, 5.74) is 1.93. The highest BCUT2D eigenvalue weighted by molar-refractivity contribution is 7.88. The molecule has 0 aliphatic heterocycles. The number of ketones is 1. The molecule has 0 aromatic rings. The van der Waals surface area contributed by atoms with Gasteiger partial charge in [0.05, 0.1) is 6.26 Å². The largest absolute Gasteiger partial charge is 0.392 e. The minimum Gasteiger partial charge on any atom is -0.392 e. The highest BCUT2D eigenvalue weighted by Gasteiger charge is 1.98. The van der Waals surface area contributed by atoms with Gasteiger partial charge in [-0.25, -0.2) is 13.1 Å². The van der Waals surface area contributed by atoms with E-state index >= 15 is 0 Å². The highest BCUT2D eigenvalue weighted by atomic mass is 32.2. The number of amides is 2. The van der Waals surface area contributed by atoms with Crippen LogP contribution in [-0.2, 0) is 24.4 Å². The van der Waals surface area contributed by atoms with Gasteiger partial charge in [-0.3, -0.25) is 9.59 Å². The van der Waals surface area contributed by atoms with Crippen molar-refractivity contribution in [1.29, 1.82) is 0 Å². The van der Waals surface area contributed by atoms with Crippen LogP contribution in [0.5, 0.6) is 0 Å². The Morgan fingerprint density at radius 3 is 1.43 bits per heavy atom. The van der Waals surface area contributed by atoms with Crippen LogP contribution in [0.1, 0.15) is 53.9 Å². The molecule has 208 valence electrons. The predicted molar refractivity (Wildman–Crippen MR) is 145 cm³/mol. The summed E-state index contributed by atoms with van der Waals surface area (Å²) in [4.78, 5) is 31.0. The molecule has 0 unspecified atom stereocenters. The van der Waals surface area contributed by atoms with Gasteiger partial charge in [-0.1, -0.05) is 13.2 Å². The Labute approximate surface area is 213 Å². The Hall–Kier alpha value is -2.44. The summed E-state index contributed by atoms with van der Waals surface area (Å²) in [5, 5.41) is 14.0. The summed E-state index contributed by atoms with van der Waals surface area (Å²) in [6.45, 7) is 18.5. The van der Waals surface area contributed by atoms with Crippen molar-refractivity contribution in [3.63, 3.8) is 0 Å². The van der Waals surface area contributed by atoms with Gasteiger partial charge in [0.25, 0.3) is 0 Å². The third kappa shape index (κ3) is 65.2. The van der Waals surface area contributed by atoms with Gasteiger partial charge < -0.3 is 31.4 Å². The molecule has 0 aliphatic rings. The number of carbonyl (C=O) groups is 3. The maximum atomic E-state index is 10.5. The summed E-state index contributed by atoms with van der Waals surface area (Å²) in [7, 11) is 0.651. The van der Waals surface area contributed by atoms with Crippen molar-refractivity contribution >= 4 is 27.6 Å². The summed E-state index contributed by atoms with van der Waals surface area (Å²) in [6.07, 6.45) is 3.94. The van der Waals surface area contributed by atoms with E-state index in [2.05, 4.69) is 44.5 Å². The Balaban J connectivity index is -0.000000189. The molecular weight excluding hydrogens is 472 g/mol. The summed E-state index contributed by atoms with van der Waals surface area (Å²) < 4.78 is 23.1. The number of allylic oxidation sites excluding steroid dienone is 2. The zero-order valence-corrected chi connectivity index (χ0v) is 23.8. The molecule has 35 heavy (non-hydrogen) atoms. The first-order valence-electron chi connectivity index (χ1n) is 11.4.